The average Bonchev–Trinajstić information content (AvgIpc) is 2.63. The molecule has 0 fully saturated rings. The van der Waals surface area contributed by atoms with Crippen molar-refractivity contribution in [2.45, 2.75) is 13.3 Å². The van der Waals surface area contributed by atoms with Gasteiger partial charge < -0.3 is 15.5 Å². The molecule has 6 heteroatoms. The molecule has 0 radical (unpaired) electrons. The molecule has 0 amide bonds. The number of nitrogens with zero attached hydrogens (tertiary/aromatic N) is 4. The Labute approximate surface area is 147 Å². The molecule has 0 aliphatic rings. The molecule has 3 rings (SSSR count). The summed E-state index contributed by atoms with van der Waals surface area (Å²) in [6.45, 7) is 2.14. The lowest BCUT2D eigenvalue weighted by Crippen LogP contribution is -2.08. The van der Waals surface area contributed by atoms with Crippen LogP contribution >= 0.6 is 0 Å². The molecule has 0 aliphatic carbocycles. The van der Waals surface area contributed by atoms with Gasteiger partial charge in [-0.3, -0.25) is 0 Å². The van der Waals surface area contributed by atoms with Crippen LogP contribution in [0.15, 0.2) is 54.7 Å². The molecule has 3 aromatic rings. The Morgan fingerprint density at radius 1 is 0.880 bits per heavy atom. The van der Waals surface area contributed by atoms with E-state index >= 15 is 0 Å². The molecule has 6 nitrogen and oxygen atoms in total. The second kappa shape index (κ2) is 7.61. The Balaban J connectivity index is 1.70. The predicted octanol–water partition coefficient (Wildman–Crippen LogP) is 3.99. The van der Waals surface area contributed by atoms with Gasteiger partial charge in [0.15, 0.2) is 5.82 Å². The van der Waals surface area contributed by atoms with Gasteiger partial charge in [0, 0.05) is 31.2 Å². The highest BCUT2D eigenvalue weighted by Gasteiger charge is 2.03. The fourth-order valence-electron chi connectivity index (χ4n) is 2.36. The third-order valence-corrected chi connectivity index (χ3v) is 3.83. The zero-order chi connectivity index (χ0) is 17.6. The molecule has 0 spiro atoms. The first-order chi connectivity index (χ1) is 12.1. The van der Waals surface area contributed by atoms with E-state index in [4.69, 9.17) is 0 Å². The van der Waals surface area contributed by atoms with Gasteiger partial charge in [-0.25, -0.2) is 0 Å². The summed E-state index contributed by atoms with van der Waals surface area (Å²) in [6, 6.07) is 16.3. The second-order valence-electron chi connectivity index (χ2n) is 5.91. The SMILES string of the molecule is CCc1ccc(Nc2cnnc(Nc3ccc(N(C)C)cc3)n2)cc1. The van der Waals surface area contributed by atoms with Crippen LogP contribution < -0.4 is 15.5 Å². The van der Waals surface area contributed by atoms with E-state index in [1.807, 2.05) is 50.5 Å². The lowest BCUT2D eigenvalue weighted by Gasteiger charge is -2.13. The maximum absolute atomic E-state index is 4.46. The van der Waals surface area contributed by atoms with Gasteiger partial charge in [0.1, 0.15) is 0 Å². The van der Waals surface area contributed by atoms with Crippen LogP contribution in [0.1, 0.15) is 12.5 Å². The maximum atomic E-state index is 4.46. The van der Waals surface area contributed by atoms with Crippen LogP contribution in [-0.2, 0) is 6.42 Å². The van der Waals surface area contributed by atoms with Gasteiger partial charge in [-0.15, -0.1) is 5.10 Å². The topological polar surface area (TPSA) is 66.0 Å². The average molecular weight is 334 g/mol. The lowest BCUT2D eigenvalue weighted by molar-refractivity contribution is 0.982. The van der Waals surface area contributed by atoms with Crippen LogP contribution in [0, 0.1) is 0 Å². The number of aromatic nitrogens is 3. The monoisotopic (exact) mass is 334 g/mol. The zero-order valence-corrected chi connectivity index (χ0v) is 14.7. The maximum Gasteiger partial charge on any atom is 0.249 e. The summed E-state index contributed by atoms with van der Waals surface area (Å²) >= 11 is 0. The summed E-state index contributed by atoms with van der Waals surface area (Å²) in [7, 11) is 4.02. The Kier molecular flexibility index (Phi) is 5.09. The van der Waals surface area contributed by atoms with Gasteiger partial charge >= 0.3 is 0 Å². The summed E-state index contributed by atoms with van der Waals surface area (Å²) in [5.74, 6) is 1.10. The van der Waals surface area contributed by atoms with E-state index in [-0.39, 0.29) is 0 Å². The smallest absolute Gasteiger partial charge is 0.249 e. The number of nitrogens with one attached hydrogen (secondary N) is 2. The summed E-state index contributed by atoms with van der Waals surface area (Å²) in [5, 5.41) is 14.5. The van der Waals surface area contributed by atoms with Gasteiger partial charge in [0.2, 0.25) is 5.95 Å². The molecule has 0 saturated heterocycles. The Bertz CT molecular complexity index is 812. The molecule has 0 bridgehead atoms. The molecule has 1 heterocycles. The van der Waals surface area contributed by atoms with E-state index in [2.05, 4.69) is 49.8 Å². The number of benzene rings is 2. The highest BCUT2D eigenvalue weighted by atomic mass is 15.3. The molecule has 2 N–H and O–H groups in total. The van der Waals surface area contributed by atoms with Gasteiger partial charge in [0.05, 0.1) is 6.20 Å². The van der Waals surface area contributed by atoms with Gasteiger partial charge in [-0.1, -0.05) is 19.1 Å². The summed E-state index contributed by atoms with van der Waals surface area (Å²) in [4.78, 5) is 6.51. The highest BCUT2D eigenvalue weighted by Crippen LogP contribution is 2.19. The van der Waals surface area contributed by atoms with Crippen molar-refractivity contribution in [1.29, 1.82) is 0 Å². The Hall–Kier alpha value is -3.15. The molecule has 25 heavy (non-hydrogen) atoms. The number of aryl methyl sites for hydroxylation is 1. The van der Waals surface area contributed by atoms with Crippen LogP contribution in [-0.4, -0.2) is 29.3 Å². The van der Waals surface area contributed by atoms with E-state index in [1.54, 1.807) is 6.20 Å². The first kappa shape index (κ1) is 16.7. The van der Waals surface area contributed by atoms with Crippen molar-refractivity contribution in [1.82, 2.24) is 15.2 Å². The minimum atomic E-state index is 0.452. The van der Waals surface area contributed by atoms with Crippen LogP contribution in [0.4, 0.5) is 28.8 Å². The van der Waals surface area contributed by atoms with Crippen molar-refractivity contribution in [2.75, 3.05) is 29.6 Å². The molecule has 2 aromatic carbocycles. The number of rotatable bonds is 6. The fraction of sp³-hybridized carbons (Fsp3) is 0.211. The first-order valence-electron chi connectivity index (χ1n) is 8.24. The minimum absolute atomic E-state index is 0.452. The van der Waals surface area contributed by atoms with Crippen molar-refractivity contribution >= 4 is 28.8 Å². The third-order valence-electron chi connectivity index (χ3n) is 3.83. The van der Waals surface area contributed by atoms with E-state index < -0.39 is 0 Å². The normalized spacial score (nSPS) is 10.4. The summed E-state index contributed by atoms with van der Waals surface area (Å²) < 4.78 is 0. The molecular formula is C19H22N6. The van der Waals surface area contributed by atoms with Crippen LogP contribution in [0.3, 0.4) is 0 Å². The summed E-state index contributed by atoms with van der Waals surface area (Å²) in [6.07, 6.45) is 2.63. The van der Waals surface area contributed by atoms with Crippen molar-refractivity contribution < 1.29 is 0 Å². The quantitative estimate of drug-likeness (QED) is 0.710. The predicted molar refractivity (Wildman–Crippen MR) is 103 cm³/mol. The number of anilines is 5. The van der Waals surface area contributed by atoms with Crippen LogP contribution in [0.2, 0.25) is 0 Å². The van der Waals surface area contributed by atoms with E-state index in [1.165, 1.54) is 5.56 Å². The standard InChI is InChI=1S/C19H22N6/c1-4-14-5-7-15(8-6-14)21-18-13-20-24-19(23-18)22-16-9-11-17(12-10-16)25(2)3/h5-13H,4H2,1-3H3,(H2,21,22,23,24). The first-order valence-corrected chi connectivity index (χ1v) is 8.24. The van der Waals surface area contributed by atoms with Crippen molar-refractivity contribution in [3.8, 4) is 0 Å². The lowest BCUT2D eigenvalue weighted by atomic mass is 10.1. The minimum Gasteiger partial charge on any atom is -0.378 e. The molecule has 0 aliphatic heterocycles. The van der Waals surface area contributed by atoms with E-state index in [9.17, 15) is 0 Å². The van der Waals surface area contributed by atoms with E-state index in [0.29, 0.717) is 11.8 Å². The summed E-state index contributed by atoms with van der Waals surface area (Å²) in [5.41, 5.74) is 4.32. The molecule has 0 atom stereocenters. The van der Waals surface area contributed by atoms with Crippen LogP contribution in [0.25, 0.3) is 0 Å². The molecular weight excluding hydrogens is 312 g/mol. The highest BCUT2D eigenvalue weighted by molar-refractivity contribution is 5.61. The van der Waals surface area contributed by atoms with Gasteiger partial charge in [-0.2, -0.15) is 10.1 Å². The molecule has 128 valence electrons. The second-order valence-corrected chi connectivity index (χ2v) is 5.91. The van der Waals surface area contributed by atoms with Crippen molar-refractivity contribution in [2.24, 2.45) is 0 Å². The van der Waals surface area contributed by atoms with Gasteiger partial charge in [0.25, 0.3) is 0 Å². The zero-order valence-electron chi connectivity index (χ0n) is 14.7. The fourth-order valence-corrected chi connectivity index (χ4v) is 2.36. The number of hydrogen-bond acceptors (Lipinski definition) is 6. The van der Waals surface area contributed by atoms with E-state index in [0.717, 1.165) is 23.5 Å². The van der Waals surface area contributed by atoms with Crippen molar-refractivity contribution in [3.63, 3.8) is 0 Å². The molecule has 0 unspecified atom stereocenters. The number of hydrogen-bond donors (Lipinski definition) is 2. The van der Waals surface area contributed by atoms with Crippen molar-refractivity contribution in [3.05, 3.63) is 60.3 Å². The Morgan fingerprint density at radius 3 is 2.16 bits per heavy atom. The van der Waals surface area contributed by atoms with Gasteiger partial charge in [-0.05, 0) is 48.4 Å². The van der Waals surface area contributed by atoms with Crippen LogP contribution in [0.5, 0.6) is 0 Å². The molecule has 1 aromatic heterocycles. The Morgan fingerprint density at radius 2 is 1.52 bits per heavy atom. The largest absolute Gasteiger partial charge is 0.378 e. The molecule has 0 saturated carbocycles. The third kappa shape index (κ3) is 4.44.